The molecule has 0 rings (SSSR count). The molecule has 0 aliphatic heterocycles. The van der Waals surface area contributed by atoms with Crippen LogP contribution in [0, 0.1) is 5.41 Å². The second-order valence-corrected chi connectivity index (χ2v) is 7.09. The summed E-state index contributed by atoms with van der Waals surface area (Å²) in [6.45, 7) is 7.96. The summed E-state index contributed by atoms with van der Waals surface area (Å²) >= 11 is 5.44. The Bertz CT molecular complexity index is 269. The van der Waals surface area contributed by atoms with E-state index in [1.165, 1.54) is 4.31 Å². The molecule has 86 valence electrons. The quantitative estimate of drug-likeness (QED) is 0.706. The van der Waals surface area contributed by atoms with Gasteiger partial charge < -0.3 is 0 Å². The molecule has 0 spiro atoms. The molecular weight excluding hydrogens is 222 g/mol. The van der Waals surface area contributed by atoms with E-state index in [0.29, 0.717) is 0 Å². The van der Waals surface area contributed by atoms with Crippen LogP contribution >= 0.6 is 11.6 Å². The predicted octanol–water partition coefficient (Wildman–Crippen LogP) is 1.92. The second-order valence-electron chi connectivity index (χ2n) is 4.56. The fourth-order valence-electron chi connectivity index (χ4n) is 1.03. The van der Waals surface area contributed by atoms with E-state index in [4.69, 9.17) is 11.6 Å². The van der Waals surface area contributed by atoms with E-state index in [-0.39, 0.29) is 23.1 Å². The van der Waals surface area contributed by atoms with E-state index in [9.17, 15) is 8.42 Å². The zero-order valence-corrected chi connectivity index (χ0v) is 11.1. The van der Waals surface area contributed by atoms with E-state index in [0.717, 1.165) is 0 Å². The Kier molecular flexibility index (Phi) is 4.88. The average Bonchev–Trinajstić information content (AvgIpc) is 2.00. The summed E-state index contributed by atoms with van der Waals surface area (Å²) in [7, 11) is -1.58. The van der Waals surface area contributed by atoms with Gasteiger partial charge in [0, 0.05) is 19.0 Å². The van der Waals surface area contributed by atoms with Crippen molar-refractivity contribution >= 4 is 21.6 Å². The third-order valence-electron chi connectivity index (χ3n) is 2.57. The van der Waals surface area contributed by atoms with Crippen LogP contribution in [0.15, 0.2) is 0 Å². The Labute approximate surface area is 92.5 Å². The van der Waals surface area contributed by atoms with Crippen molar-refractivity contribution in [2.45, 2.75) is 33.7 Å². The lowest BCUT2D eigenvalue weighted by Crippen LogP contribution is -2.44. The molecule has 0 amide bonds. The molecule has 0 aliphatic carbocycles. The molecule has 1 atom stereocenters. The highest BCUT2D eigenvalue weighted by Gasteiger charge is 2.30. The predicted molar refractivity (Wildman–Crippen MR) is 61.2 cm³/mol. The maximum atomic E-state index is 11.7. The second kappa shape index (κ2) is 4.81. The van der Waals surface area contributed by atoms with E-state index in [2.05, 4.69) is 0 Å². The van der Waals surface area contributed by atoms with Gasteiger partial charge >= 0.3 is 0 Å². The van der Waals surface area contributed by atoms with Crippen LogP contribution in [0.2, 0.25) is 0 Å². The summed E-state index contributed by atoms with van der Waals surface area (Å²) in [5, 5.41) is 0. The van der Waals surface area contributed by atoms with Crippen molar-refractivity contribution in [3.05, 3.63) is 0 Å². The molecule has 0 aromatic carbocycles. The van der Waals surface area contributed by atoms with Gasteiger partial charge in [0.1, 0.15) is 0 Å². The molecule has 0 saturated heterocycles. The lowest BCUT2D eigenvalue weighted by Gasteiger charge is -2.34. The molecule has 3 nitrogen and oxygen atoms in total. The third kappa shape index (κ3) is 3.75. The largest absolute Gasteiger partial charge is 0.215 e. The fraction of sp³-hybridized carbons (Fsp3) is 1.00. The lowest BCUT2D eigenvalue weighted by atomic mass is 9.88. The van der Waals surface area contributed by atoms with Crippen molar-refractivity contribution in [2.75, 3.05) is 18.7 Å². The van der Waals surface area contributed by atoms with Crippen LogP contribution in [0.5, 0.6) is 0 Å². The number of sulfonamides is 1. The minimum Gasteiger partial charge on any atom is -0.212 e. The van der Waals surface area contributed by atoms with Gasteiger partial charge in [-0.1, -0.05) is 20.8 Å². The molecule has 0 aromatic heterocycles. The van der Waals surface area contributed by atoms with E-state index >= 15 is 0 Å². The molecule has 0 aromatic rings. The topological polar surface area (TPSA) is 37.4 Å². The smallest absolute Gasteiger partial charge is 0.212 e. The van der Waals surface area contributed by atoms with Crippen LogP contribution in [0.4, 0.5) is 0 Å². The van der Waals surface area contributed by atoms with Crippen LogP contribution < -0.4 is 0 Å². The van der Waals surface area contributed by atoms with Gasteiger partial charge in [-0.3, -0.25) is 0 Å². The summed E-state index contributed by atoms with van der Waals surface area (Å²) in [4.78, 5) is 0. The third-order valence-corrected chi connectivity index (χ3v) is 4.90. The molecule has 5 heteroatoms. The SMILES string of the molecule is CC(N(C)S(=O)(=O)CCCl)C(C)(C)C. The van der Waals surface area contributed by atoms with Crippen molar-refractivity contribution in [2.24, 2.45) is 5.41 Å². The molecule has 0 saturated carbocycles. The van der Waals surface area contributed by atoms with Gasteiger partial charge in [0.15, 0.2) is 0 Å². The van der Waals surface area contributed by atoms with Crippen LogP contribution in [0.3, 0.4) is 0 Å². The molecule has 0 radical (unpaired) electrons. The highest BCUT2D eigenvalue weighted by Crippen LogP contribution is 2.24. The molecule has 1 unspecified atom stereocenters. The van der Waals surface area contributed by atoms with E-state index in [1.54, 1.807) is 7.05 Å². The summed E-state index contributed by atoms with van der Waals surface area (Å²) in [6.07, 6.45) is 0. The highest BCUT2D eigenvalue weighted by molar-refractivity contribution is 7.89. The summed E-state index contributed by atoms with van der Waals surface area (Å²) < 4.78 is 24.7. The van der Waals surface area contributed by atoms with Gasteiger partial charge in [-0.15, -0.1) is 11.6 Å². The monoisotopic (exact) mass is 241 g/mol. The Morgan fingerprint density at radius 3 is 2.07 bits per heavy atom. The lowest BCUT2D eigenvalue weighted by molar-refractivity contribution is 0.217. The minimum atomic E-state index is -3.19. The maximum absolute atomic E-state index is 11.7. The molecule has 0 heterocycles. The number of alkyl halides is 1. The van der Waals surface area contributed by atoms with Gasteiger partial charge in [-0.2, -0.15) is 0 Å². The van der Waals surface area contributed by atoms with Gasteiger partial charge in [-0.05, 0) is 12.3 Å². The Hall–Kier alpha value is 0.200. The van der Waals surface area contributed by atoms with Crippen molar-refractivity contribution < 1.29 is 8.42 Å². The fourth-order valence-corrected chi connectivity index (χ4v) is 2.89. The van der Waals surface area contributed by atoms with E-state index in [1.807, 2.05) is 27.7 Å². The van der Waals surface area contributed by atoms with Crippen molar-refractivity contribution in [1.82, 2.24) is 4.31 Å². The van der Waals surface area contributed by atoms with Crippen LogP contribution in [-0.4, -0.2) is 37.4 Å². The molecule has 0 fully saturated rings. The molecule has 0 bridgehead atoms. The number of halogens is 1. The zero-order valence-electron chi connectivity index (χ0n) is 9.54. The van der Waals surface area contributed by atoms with Crippen LogP contribution in [-0.2, 0) is 10.0 Å². The normalized spacial score (nSPS) is 15.9. The highest BCUT2D eigenvalue weighted by atomic mass is 35.5. The summed E-state index contributed by atoms with van der Waals surface area (Å²) in [6, 6.07) is -0.0317. The molecule has 0 N–H and O–H groups in total. The number of nitrogens with zero attached hydrogens (tertiary/aromatic N) is 1. The first-order chi connectivity index (χ1) is 6.13. The van der Waals surface area contributed by atoms with Crippen molar-refractivity contribution in [3.8, 4) is 0 Å². The van der Waals surface area contributed by atoms with Crippen molar-refractivity contribution in [3.63, 3.8) is 0 Å². The summed E-state index contributed by atoms with van der Waals surface area (Å²) in [5.41, 5.74) is -0.0614. The Morgan fingerprint density at radius 2 is 1.79 bits per heavy atom. The van der Waals surface area contributed by atoms with Crippen LogP contribution in [0.25, 0.3) is 0 Å². The Balaban J connectivity index is 4.71. The first-order valence-electron chi connectivity index (χ1n) is 4.64. The van der Waals surface area contributed by atoms with Gasteiger partial charge in [0.25, 0.3) is 0 Å². The molecular formula is C9H20ClNO2S. The van der Waals surface area contributed by atoms with E-state index < -0.39 is 10.0 Å². The number of rotatable bonds is 4. The molecule has 14 heavy (non-hydrogen) atoms. The summed E-state index contributed by atoms with van der Waals surface area (Å²) in [5.74, 6) is 0.148. The maximum Gasteiger partial charge on any atom is 0.215 e. The first-order valence-corrected chi connectivity index (χ1v) is 6.79. The standard InChI is InChI=1S/C9H20ClNO2S/c1-8(9(2,3)4)11(5)14(12,13)7-6-10/h8H,6-7H2,1-5H3. The van der Waals surface area contributed by atoms with Gasteiger partial charge in [0.05, 0.1) is 5.75 Å². The average molecular weight is 242 g/mol. The minimum absolute atomic E-state index is 0.00543. The van der Waals surface area contributed by atoms with Gasteiger partial charge in [0.2, 0.25) is 10.0 Å². The van der Waals surface area contributed by atoms with Crippen molar-refractivity contribution in [1.29, 1.82) is 0 Å². The first kappa shape index (κ1) is 14.2. The van der Waals surface area contributed by atoms with Gasteiger partial charge in [-0.25, -0.2) is 12.7 Å². The van der Waals surface area contributed by atoms with Crippen LogP contribution in [0.1, 0.15) is 27.7 Å². The number of hydrogen-bond donors (Lipinski definition) is 0. The molecule has 0 aliphatic rings. The zero-order chi connectivity index (χ0) is 11.6. The number of hydrogen-bond acceptors (Lipinski definition) is 2. The Morgan fingerprint density at radius 1 is 1.36 bits per heavy atom.